The van der Waals surface area contributed by atoms with Gasteiger partial charge >= 0.3 is 0 Å². The molecule has 1 atom stereocenters. The van der Waals surface area contributed by atoms with Crippen molar-refractivity contribution in [3.05, 3.63) is 29.6 Å². The molecule has 1 aromatic rings. The first kappa shape index (κ1) is 20.8. The van der Waals surface area contributed by atoms with Gasteiger partial charge in [0.05, 0.1) is 5.56 Å². The lowest BCUT2D eigenvalue weighted by atomic mass is 9.92. The van der Waals surface area contributed by atoms with Crippen LogP contribution in [0.3, 0.4) is 0 Å². The van der Waals surface area contributed by atoms with Crippen molar-refractivity contribution in [1.29, 1.82) is 0 Å². The number of pyridine rings is 1. The van der Waals surface area contributed by atoms with Crippen LogP contribution in [-0.2, 0) is 9.59 Å². The van der Waals surface area contributed by atoms with Crippen LogP contribution in [0.15, 0.2) is 18.3 Å². The highest BCUT2D eigenvalue weighted by molar-refractivity contribution is 5.94. The Kier molecular flexibility index (Phi) is 6.65. The molecular weight excluding hydrogens is 380 g/mol. The number of likely N-dealkylation sites (tertiary alicyclic amines) is 2. The summed E-state index contributed by atoms with van der Waals surface area (Å²) in [5, 5.41) is 2.93. The first-order chi connectivity index (χ1) is 14.6. The molecule has 3 fully saturated rings. The number of hydrogen-bond donors (Lipinski definition) is 1. The molecule has 0 aliphatic carbocycles. The molecule has 0 radical (unpaired) electrons. The van der Waals surface area contributed by atoms with Crippen LogP contribution in [0.4, 0.5) is 0 Å². The predicted molar refractivity (Wildman–Crippen MR) is 113 cm³/mol. The summed E-state index contributed by atoms with van der Waals surface area (Å²) in [5.41, 5.74) is 1.69. The first-order valence-corrected chi connectivity index (χ1v) is 11.4. The molecule has 4 rings (SSSR count). The molecule has 3 aliphatic rings. The van der Waals surface area contributed by atoms with Crippen LogP contribution < -0.4 is 5.32 Å². The van der Waals surface area contributed by atoms with Crippen LogP contribution in [0.1, 0.15) is 79.8 Å². The molecule has 7 nitrogen and oxygen atoms in total. The number of aromatic nitrogens is 1. The van der Waals surface area contributed by atoms with Gasteiger partial charge in [0.2, 0.25) is 11.8 Å². The number of piperidine rings is 2. The second kappa shape index (κ2) is 9.58. The average Bonchev–Trinajstić information content (AvgIpc) is 3.23. The summed E-state index contributed by atoms with van der Waals surface area (Å²) in [6, 6.07) is 4.06. The van der Waals surface area contributed by atoms with Crippen LogP contribution >= 0.6 is 0 Å². The van der Waals surface area contributed by atoms with Crippen LogP contribution in [0.25, 0.3) is 0 Å². The summed E-state index contributed by atoms with van der Waals surface area (Å²) in [5.74, 6) is 0.712. The lowest BCUT2D eigenvalue weighted by molar-refractivity contribution is -0.132. The number of carbonyl (C=O) groups excluding carboxylic acids is 3. The van der Waals surface area contributed by atoms with Crippen LogP contribution in [0.2, 0.25) is 0 Å². The third kappa shape index (κ3) is 4.99. The van der Waals surface area contributed by atoms with E-state index in [0.29, 0.717) is 24.3 Å². The summed E-state index contributed by atoms with van der Waals surface area (Å²) in [4.78, 5) is 44.9. The van der Waals surface area contributed by atoms with Crippen molar-refractivity contribution in [2.75, 3.05) is 26.2 Å². The molecule has 0 saturated carbocycles. The van der Waals surface area contributed by atoms with Gasteiger partial charge in [0, 0.05) is 62.9 Å². The Morgan fingerprint density at radius 2 is 1.77 bits per heavy atom. The van der Waals surface area contributed by atoms with E-state index in [0.717, 1.165) is 70.4 Å². The van der Waals surface area contributed by atoms with Gasteiger partial charge in [0.1, 0.15) is 0 Å². The number of amides is 3. The topological polar surface area (TPSA) is 82.6 Å². The van der Waals surface area contributed by atoms with Gasteiger partial charge in [-0.2, -0.15) is 0 Å². The van der Waals surface area contributed by atoms with E-state index in [9.17, 15) is 14.4 Å². The largest absolute Gasteiger partial charge is 0.353 e. The standard InChI is InChI=1S/C23H32N4O3/c28-21-8-5-19(25-21)6-9-22(29)26-14-10-17(11-15-26)20-7-4-18(16-24-20)23(30)27-12-2-1-3-13-27/h4,7,16-17,19H,1-3,5-6,8-15H2,(H,25,28). The van der Waals surface area contributed by atoms with Gasteiger partial charge in [0.25, 0.3) is 5.91 Å². The highest BCUT2D eigenvalue weighted by Crippen LogP contribution is 2.27. The summed E-state index contributed by atoms with van der Waals surface area (Å²) >= 11 is 0. The normalized spacial score (nSPS) is 22.8. The fraction of sp³-hybridized carbons (Fsp3) is 0.652. The Morgan fingerprint density at radius 3 is 2.40 bits per heavy atom. The zero-order valence-corrected chi connectivity index (χ0v) is 17.6. The van der Waals surface area contributed by atoms with Gasteiger partial charge < -0.3 is 15.1 Å². The molecule has 0 aromatic carbocycles. The smallest absolute Gasteiger partial charge is 0.255 e. The quantitative estimate of drug-likeness (QED) is 0.805. The molecule has 30 heavy (non-hydrogen) atoms. The van der Waals surface area contributed by atoms with E-state index in [1.807, 2.05) is 21.9 Å². The van der Waals surface area contributed by atoms with Gasteiger partial charge in [-0.25, -0.2) is 0 Å². The maximum Gasteiger partial charge on any atom is 0.255 e. The molecule has 4 heterocycles. The van der Waals surface area contributed by atoms with Crippen LogP contribution in [0.5, 0.6) is 0 Å². The average molecular weight is 413 g/mol. The third-order valence-electron chi connectivity index (χ3n) is 6.73. The van der Waals surface area contributed by atoms with Crippen molar-refractivity contribution in [1.82, 2.24) is 20.1 Å². The summed E-state index contributed by atoms with van der Waals surface area (Å²) in [7, 11) is 0. The summed E-state index contributed by atoms with van der Waals surface area (Å²) in [6.07, 6.45) is 9.57. The first-order valence-electron chi connectivity index (χ1n) is 11.4. The van der Waals surface area contributed by atoms with Crippen molar-refractivity contribution in [2.24, 2.45) is 0 Å². The SMILES string of the molecule is O=C1CCC(CCC(=O)N2CCC(c3ccc(C(=O)N4CCCCC4)cn3)CC2)N1. The van der Waals surface area contributed by atoms with Crippen LogP contribution in [-0.4, -0.2) is 64.7 Å². The van der Waals surface area contributed by atoms with Gasteiger partial charge in [-0.1, -0.05) is 0 Å². The van der Waals surface area contributed by atoms with Gasteiger partial charge in [-0.05, 0) is 57.1 Å². The minimum absolute atomic E-state index is 0.0904. The monoisotopic (exact) mass is 412 g/mol. The Hall–Kier alpha value is -2.44. The highest BCUT2D eigenvalue weighted by atomic mass is 16.2. The van der Waals surface area contributed by atoms with E-state index in [1.54, 1.807) is 6.20 Å². The van der Waals surface area contributed by atoms with E-state index in [2.05, 4.69) is 10.3 Å². The minimum atomic E-state index is 0.0904. The van der Waals surface area contributed by atoms with Gasteiger partial charge in [0.15, 0.2) is 0 Å². The van der Waals surface area contributed by atoms with Crippen molar-refractivity contribution in [2.45, 2.75) is 69.7 Å². The number of carbonyl (C=O) groups is 3. The van der Waals surface area contributed by atoms with E-state index in [-0.39, 0.29) is 23.8 Å². The molecule has 3 aliphatic heterocycles. The maximum atomic E-state index is 12.6. The number of hydrogen-bond acceptors (Lipinski definition) is 4. The van der Waals surface area contributed by atoms with E-state index >= 15 is 0 Å². The third-order valence-corrected chi connectivity index (χ3v) is 6.73. The second-order valence-electron chi connectivity index (χ2n) is 8.82. The van der Waals surface area contributed by atoms with E-state index < -0.39 is 0 Å². The zero-order valence-electron chi connectivity index (χ0n) is 17.6. The molecule has 162 valence electrons. The summed E-state index contributed by atoms with van der Waals surface area (Å²) < 4.78 is 0. The molecule has 0 bridgehead atoms. The molecular formula is C23H32N4O3. The van der Waals surface area contributed by atoms with Crippen molar-refractivity contribution < 1.29 is 14.4 Å². The maximum absolute atomic E-state index is 12.6. The van der Waals surface area contributed by atoms with Crippen molar-refractivity contribution in [3.8, 4) is 0 Å². The van der Waals surface area contributed by atoms with Crippen LogP contribution in [0, 0.1) is 0 Å². The van der Waals surface area contributed by atoms with E-state index in [4.69, 9.17) is 0 Å². The van der Waals surface area contributed by atoms with Gasteiger partial charge in [-0.3, -0.25) is 19.4 Å². The Labute approximate surface area is 178 Å². The Balaban J connectivity index is 1.24. The molecule has 1 aromatic heterocycles. The lowest BCUT2D eigenvalue weighted by Crippen LogP contribution is -2.38. The summed E-state index contributed by atoms with van der Waals surface area (Å²) in [6.45, 7) is 3.19. The Morgan fingerprint density at radius 1 is 1.00 bits per heavy atom. The molecule has 3 amide bonds. The van der Waals surface area contributed by atoms with Crippen molar-refractivity contribution >= 4 is 17.7 Å². The fourth-order valence-corrected chi connectivity index (χ4v) is 4.83. The minimum Gasteiger partial charge on any atom is -0.353 e. The Bertz CT molecular complexity index is 765. The molecule has 7 heteroatoms. The highest BCUT2D eigenvalue weighted by Gasteiger charge is 2.27. The fourth-order valence-electron chi connectivity index (χ4n) is 4.83. The van der Waals surface area contributed by atoms with Crippen molar-refractivity contribution in [3.63, 3.8) is 0 Å². The predicted octanol–water partition coefficient (Wildman–Crippen LogP) is 2.47. The zero-order chi connectivity index (χ0) is 20.9. The molecule has 3 saturated heterocycles. The number of nitrogens with zero attached hydrogens (tertiary/aromatic N) is 3. The number of nitrogens with one attached hydrogen (secondary N) is 1. The number of rotatable bonds is 5. The second-order valence-corrected chi connectivity index (χ2v) is 8.82. The molecule has 1 N–H and O–H groups in total. The van der Waals surface area contributed by atoms with Gasteiger partial charge in [-0.15, -0.1) is 0 Å². The molecule has 0 spiro atoms. The van der Waals surface area contributed by atoms with E-state index in [1.165, 1.54) is 6.42 Å². The molecule has 1 unspecified atom stereocenters. The lowest BCUT2D eigenvalue weighted by Gasteiger charge is -2.32.